The average molecular weight is 275 g/mol. The molecule has 14 heavy (non-hydrogen) atoms. The van der Waals surface area contributed by atoms with Crippen LogP contribution in [0.25, 0.3) is 0 Å². The molecule has 1 aromatic rings. The molecule has 0 aliphatic carbocycles. The Balaban J connectivity index is 2.85. The maximum absolute atomic E-state index is 11.6. The van der Waals surface area contributed by atoms with E-state index in [1.807, 2.05) is 0 Å². The summed E-state index contributed by atoms with van der Waals surface area (Å²) >= 11 is 3.29. The van der Waals surface area contributed by atoms with Gasteiger partial charge < -0.3 is 0 Å². The zero-order valence-corrected chi connectivity index (χ0v) is 9.68. The van der Waals surface area contributed by atoms with Gasteiger partial charge in [-0.3, -0.25) is 9.71 Å². The molecule has 74 valence electrons. The van der Waals surface area contributed by atoms with Crippen LogP contribution in [0.2, 0.25) is 0 Å². The second-order valence-electron chi connectivity index (χ2n) is 2.79. The SMILES string of the molecule is CN=C1NS(=O)(=O)c2cccc(Br)c21. The van der Waals surface area contributed by atoms with Crippen molar-refractivity contribution in [1.29, 1.82) is 0 Å². The monoisotopic (exact) mass is 274 g/mol. The van der Waals surface area contributed by atoms with Gasteiger partial charge in [-0.15, -0.1) is 0 Å². The van der Waals surface area contributed by atoms with Gasteiger partial charge in [0.1, 0.15) is 5.84 Å². The van der Waals surface area contributed by atoms with Gasteiger partial charge in [-0.25, -0.2) is 8.42 Å². The molecule has 1 aromatic carbocycles. The van der Waals surface area contributed by atoms with Gasteiger partial charge >= 0.3 is 0 Å². The van der Waals surface area contributed by atoms with Gasteiger partial charge in [-0.05, 0) is 28.1 Å². The average Bonchev–Trinajstić information content (AvgIpc) is 2.40. The molecule has 0 spiro atoms. The fraction of sp³-hybridized carbons (Fsp3) is 0.125. The van der Waals surface area contributed by atoms with E-state index in [0.29, 0.717) is 11.4 Å². The Labute approximate surface area is 90.2 Å². The predicted molar refractivity (Wildman–Crippen MR) is 56.9 cm³/mol. The van der Waals surface area contributed by atoms with E-state index in [9.17, 15) is 8.42 Å². The molecule has 0 bridgehead atoms. The summed E-state index contributed by atoms with van der Waals surface area (Å²) in [5.74, 6) is 0.382. The van der Waals surface area contributed by atoms with Gasteiger partial charge in [-0.2, -0.15) is 0 Å². The minimum absolute atomic E-state index is 0.271. The highest BCUT2D eigenvalue weighted by molar-refractivity contribution is 9.10. The van der Waals surface area contributed by atoms with Crippen molar-refractivity contribution in [3.8, 4) is 0 Å². The first-order valence-corrected chi connectivity index (χ1v) is 6.12. The lowest BCUT2D eigenvalue weighted by Gasteiger charge is -1.97. The number of nitrogens with one attached hydrogen (secondary N) is 1. The molecule has 1 aliphatic rings. The van der Waals surface area contributed by atoms with Crippen LogP contribution in [0, 0.1) is 0 Å². The Morgan fingerprint density at radius 2 is 2.14 bits per heavy atom. The number of halogens is 1. The summed E-state index contributed by atoms with van der Waals surface area (Å²) in [7, 11) is -1.85. The van der Waals surface area contributed by atoms with E-state index < -0.39 is 10.0 Å². The van der Waals surface area contributed by atoms with Crippen molar-refractivity contribution in [1.82, 2.24) is 4.72 Å². The lowest BCUT2D eigenvalue weighted by atomic mass is 10.2. The van der Waals surface area contributed by atoms with Crippen molar-refractivity contribution in [2.24, 2.45) is 4.99 Å². The second-order valence-corrected chi connectivity index (χ2v) is 5.30. The van der Waals surface area contributed by atoms with Crippen LogP contribution in [0.4, 0.5) is 0 Å². The molecule has 0 atom stereocenters. The molecule has 0 unspecified atom stereocenters. The molecular formula is C8H7BrN2O2S. The standard InChI is InChI=1S/C8H7BrN2O2S/c1-10-8-7-5(9)3-2-4-6(7)14(12,13)11-8/h2-4H,1H3,(H,10,11). The summed E-state index contributed by atoms with van der Waals surface area (Å²) in [5.41, 5.74) is 0.606. The number of rotatable bonds is 0. The molecule has 4 nitrogen and oxygen atoms in total. The fourth-order valence-corrected chi connectivity index (χ4v) is 3.32. The molecule has 0 aromatic heterocycles. The van der Waals surface area contributed by atoms with E-state index in [4.69, 9.17) is 0 Å². The van der Waals surface area contributed by atoms with Crippen LogP contribution >= 0.6 is 15.9 Å². The Kier molecular flexibility index (Phi) is 2.11. The number of benzene rings is 1. The Morgan fingerprint density at radius 3 is 2.79 bits per heavy atom. The first-order valence-electron chi connectivity index (χ1n) is 3.85. The van der Waals surface area contributed by atoms with Gasteiger partial charge in [0.2, 0.25) is 0 Å². The Morgan fingerprint density at radius 1 is 1.43 bits per heavy atom. The highest BCUT2D eigenvalue weighted by atomic mass is 79.9. The normalized spacial score (nSPS) is 20.6. The number of nitrogens with zero attached hydrogens (tertiary/aromatic N) is 1. The van der Waals surface area contributed by atoms with Gasteiger partial charge in [0.25, 0.3) is 10.0 Å². The molecule has 1 heterocycles. The molecular weight excluding hydrogens is 268 g/mol. The van der Waals surface area contributed by atoms with Crippen molar-refractivity contribution >= 4 is 31.8 Å². The van der Waals surface area contributed by atoms with Crippen molar-refractivity contribution in [2.75, 3.05) is 7.05 Å². The minimum Gasteiger partial charge on any atom is -0.271 e. The lowest BCUT2D eigenvalue weighted by molar-refractivity contribution is 0.595. The Hall–Kier alpha value is -0.880. The molecule has 0 radical (unpaired) electrons. The molecule has 0 saturated carbocycles. The summed E-state index contributed by atoms with van der Waals surface area (Å²) in [6.07, 6.45) is 0. The molecule has 2 rings (SSSR count). The highest BCUT2D eigenvalue weighted by Crippen LogP contribution is 2.29. The number of sulfonamides is 1. The van der Waals surface area contributed by atoms with Crippen LogP contribution in [0.1, 0.15) is 5.56 Å². The van der Waals surface area contributed by atoms with Crippen molar-refractivity contribution in [2.45, 2.75) is 4.90 Å². The van der Waals surface area contributed by atoms with Crippen LogP contribution in [0.5, 0.6) is 0 Å². The predicted octanol–water partition coefficient (Wildman–Crippen LogP) is 1.12. The van der Waals surface area contributed by atoms with Gasteiger partial charge in [0, 0.05) is 11.5 Å². The van der Waals surface area contributed by atoms with Crippen LogP contribution in [-0.4, -0.2) is 21.3 Å². The second kappa shape index (κ2) is 3.06. The number of fused-ring (bicyclic) bond motifs is 1. The van der Waals surface area contributed by atoms with E-state index in [1.165, 1.54) is 0 Å². The fourth-order valence-electron chi connectivity index (χ4n) is 1.35. The molecule has 0 saturated heterocycles. The summed E-state index contributed by atoms with van der Waals surface area (Å²) in [6.45, 7) is 0. The first kappa shape index (κ1) is 9.67. The zero-order chi connectivity index (χ0) is 10.3. The molecule has 0 amide bonds. The van der Waals surface area contributed by atoms with Crippen LogP contribution in [-0.2, 0) is 10.0 Å². The third kappa shape index (κ3) is 1.26. The summed E-state index contributed by atoms with van der Waals surface area (Å²) in [6, 6.07) is 5.02. The van der Waals surface area contributed by atoms with E-state index in [-0.39, 0.29) is 4.90 Å². The largest absolute Gasteiger partial charge is 0.271 e. The van der Waals surface area contributed by atoms with Crippen LogP contribution < -0.4 is 4.72 Å². The Bertz CT molecular complexity index is 522. The van der Waals surface area contributed by atoms with Crippen molar-refractivity contribution in [3.05, 3.63) is 28.2 Å². The quantitative estimate of drug-likeness (QED) is 0.771. The highest BCUT2D eigenvalue weighted by Gasteiger charge is 2.31. The number of hydrogen-bond acceptors (Lipinski definition) is 3. The van der Waals surface area contributed by atoms with Crippen molar-refractivity contribution in [3.63, 3.8) is 0 Å². The summed E-state index contributed by atoms with van der Waals surface area (Å²) in [4.78, 5) is 4.15. The van der Waals surface area contributed by atoms with Crippen LogP contribution in [0.3, 0.4) is 0 Å². The van der Waals surface area contributed by atoms with E-state index in [2.05, 4.69) is 25.6 Å². The number of hydrogen-bond donors (Lipinski definition) is 1. The topological polar surface area (TPSA) is 58.5 Å². The molecule has 0 fully saturated rings. The molecule has 1 aliphatic heterocycles. The maximum Gasteiger partial charge on any atom is 0.263 e. The van der Waals surface area contributed by atoms with Gasteiger partial charge in [0.15, 0.2) is 0 Å². The molecule has 6 heteroatoms. The zero-order valence-electron chi connectivity index (χ0n) is 7.28. The summed E-state index contributed by atoms with van der Waals surface area (Å²) in [5, 5.41) is 0. The lowest BCUT2D eigenvalue weighted by Crippen LogP contribution is -2.21. The minimum atomic E-state index is -3.40. The molecule has 1 N–H and O–H groups in total. The number of aliphatic imine (C=N–C) groups is 1. The van der Waals surface area contributed by atoms with E-state index in [1.54, 1.807) is 25.2 Å². The first-order chi connectivity index (χ1) is 6.56. The third-order valence-electron chi connectivity index (χ3n) is 1.96. The smallest absolute Gasteiger partial charge is 0.263 e. The maximum atomic E-state index is 11.6. The third-order valence-corrected chi connectivity index (χ3v) is 4.00. The van der Waals surface area contributed by atoms with Crippen molar-refractivity contribution < 1.29 is 8.42 Å². The van der Waals surface area contributed by atoms with E-state index in [0.717, 1.165) is 4.47 Å². The van der Waals surface area contributed by atoms with E-state index >= 15 is 0 Å². The summed E-state index contributed by atoms with van der Waals surface area (Å²) < 4.78 is 26.2. The van der Waals surface area contributed by atoms with Crippen LogP contribution in [0.15, 0.2) is 32.6 Å². The number of amidine groups is 1. The van der Waals surface area contributed by atoms with Gasteiger partial charge in [-0.1, -0.05) is 6.07 Å². The van der Waals surface area contributed by atoms with Gasteiger partial charge in [0.05, 0.1) is 10.5 Å².